The van der Waals surface area contributed by atoms with Gasteiger partial charge in [0.2, 0.25) is 0 Å². The molecule has 1 saturated heterocycles. The van der Waals surface area contributed by atoms with Gasteiger partial charge in [0.15, 0.2) is 18.0 Å². The quantitative estimate of drug-likeness (QED) is 0.701. The van der Waals surface area contributed by atoms with Crippen LogP contribution >= 0.6 is 0 Å². The van der Waals surface area contributed by atoms with Crippen LogP contribution in [0.1, 0.15) is 0 Å². The number of hydrogen-bond acceptors (Lipinski definition) is 5. The highest BCUT2D eigenvalue weighted by Gasteiger charge is 2.34. The van der Waals surface area contributed by atoms with Gasteiger partial charge in [0.1, 0.15) is 5.69 Å². The summed E-state index contributed by atoms with van der Waals surface area (Å²) >= 11 is 0. The average Bonchev–Trinajstić information content (AvgIpc) is 3.13. The maximum Gasteiger partial charge on any atom is 0.325 e. The van der Waals surface area contributed by atoms with Gasteiger partial charge in [0.25, 0.3) is 5.56 Å². The highest BCUT2D eigenvalue weighted by molar-refractivity contribution is 5.74. The minimum absolute atomic E-state index is 0.102. The van der Waals surface area contributed by atoms with Crippen molar-refractivity contribution >= 4 is 11.3 Å². The first kappa shape index (κ1) is 14.5. The van der Waals surface area contributed by atoms with E-state index in [1.807, 2.05) is 0 Å². The van der Waals surface area contributed by atoms with E-state index in [0.29, 0.717) is 11.3 Å². The highest BCUT2D eigenvalue weighted by Crippen LogP contribution is 2.29. The van der Waals surface area contributed by atoms with Crippen LogP contribution < -0.4 is 16.1 Å². The Morgan fingerprint density at radius 3 is 2.67 bits per heavy atom. The number of alkyl halides is 2. The van der Waals surface area contributed by atoms with Crippen molar-refractivity contribution < 1.29 is 8.78 Å². The van der Waals surface area contributed by atoms with Gasteiger partial charge in [-0.25, -0.2) is 23.1 Å². The Morgan fingerprint density at radius 2 is 1.96 bits per heavy atom. The molecule has 0 bridgehead atoms. The van der Waals surface area contributed by atoms with E-state index >= 15 is 0 Å². The second kappa shape index (κ2) is 5.25. The number of imidazole rings is 1. The molecule has 0 amide bonds. The van der Waals surface area contributed by atoms with Gasteiger partial charge in [-0.1, -0.05) is 0 Å². The van der Waals surface area contributed by atoms with Gasteiger partial charge in [0, 0.05) is 18.6 Å². The third kappa shape index (κ3) is 2.27. The van der Waals surface area contributed by atoms with E-state index in [1.54, 1.807) is 6.20 Å². The molecule has 24 heavy (non-hydrogen) atoms. The summed E-state index contributed by atoms with van der Waals surface area (Å²) in [6.07, 6.45) is 1.16. The molecular formula is C14H12F2N6O2. The molecule has 4 rings (SSSR count). The Morgan fingerprint density at radius 1 is 1.21 bits per heavy atom. The van der Waals surface area contributed by atoms with Crippen LogP contribution in [0.5, 0.6) is 0 Å². The van der Waals surface area contributed by atoms with E-state index in [-0.39, 0.29) is 24.3 Å². The van der Waals surface area contributed by atoms with Crippen LogP contribution in [0, 0.1) is 0 Å². The van der Waals surface area contributed by atoms with Crippen LogP contribution in [0.25, 0.3) is 16.9 Å². The van der Waals surface area contributed by atoms with Crippen molar-refractivity contribution in [3.05, 3.63) is 45.5 Å². The van der Waals surface area contributed by atoms with Gasteiger partial charge in [-0.15, -0.1) is 0 Å². The molecule has 1 aliphatic heterocycles. The predicted octanol–water partition coefficient (Wildman–Crippen LogP) is 0.269. The average molecular weight is 334 g/mol. The maximum atomic E-state index is 13.6. The molecule has 1 aliphatic rings. The molecule has 0 spiro atoms. The number of hydrogen-bond donors (Lipinski definition) is 2. The van der Waals surface area contributed by atoms with E-state index in [2.05, 4.69) is 20.1 Å². The number of aromatic nitrogens is 5. The molecule has 0 unspecified atom stereocenters. The highest BCUT2D eigenvalue weighted by atomic mass is 19.2. The van der Waals surface area contributed by atoms with Gasteiger partial charge in [-0.2, -0.15) is 5.10 Å². The smallest absolute Gasteiger partial charge is 0.325 e. The number of nitrogens with zero attached hydrogens (tertiary/aromatic N) is 4. The molecule has 0 aromatic carbocycles. The largest absolute Gasteiger partial charge is 0.362 e. The molecule has 2 atom stereocenters. The fourth-order valence-corrected chi connectivity index (χ4v) is 2.79. The van der Waals surface area contributed by atoms with Crippen molar-refractivity contribution in [1.29, 1.82) is 0 Å². The fraction of sp³-hybridized carbons (Fsp3) is 0.286. The van der Waals surface area contributed by atoms with Gasteiger partial charge in [0.05, 0.1) is 24.3 Å². The summed E-state index contributed by atoms with van der Waals surface area (Å²) in [6.45, 7) is -0.204. The number of rotatable bonds is 2. The van der Waals surface area contributed by atoms with Gasteiger partial charge in [-0.05, 0) is 6.07 Å². The molecule has 4 heterocycles. The van der Waals surface area contributed by atoms with E-state index < -0.39 is 23.6 Å². The minimum atomic E-state index is -1.58. The third-order valence-corrected chi connectivity index (χ3v) is 3.96. The summed E-state index contributed by atoms with van der Waals surface area (Å²) in [6, 6.07) is 1.54. The Hall–Kier alpha value is -3.04. The summed E-state index contributed by atoms with van der Waals surface area (Å²) in [5.74, 6) is 0. The molecule has 1 fully saturated rings. The van der Waals surface area contributed by atoms with Crippen molar-refractivity contribution in [2.24, 2.45) is 0 Å². The predicted molar refractivity (Wildman–Crippen MR) is 81.7 cm³/mol. The topological polar surface area (TPSA) is 99.2 Å². The number of H-pyrrole nitrogens is 2. The van der Waals surface area contributed by atoms with Crippen LogP contribution in [-0.4, -0.2) is 50.0 Å². The van der Waals surface area contributed by atoms with E-state index in [9.17, 15) is 18.4 Å². The second-order valence-corrected chi connectivity index (χ2v) is 5.53. The van der Waals surface area contributed by atoms with E-state index in [1.165, 1.54) is 27.9 Å². The summed E-state index contributed by atoms with van der Waals surface area (Å²) < 4.78 is 28.5. The first-order chi connectivity index (χ1) is 11.5. The fourth-order valence-electron chi connectivity index (χ4n) is 2.79. The molecule has 3 aromatic heterocycles. The monoisotopic (exact) mass is 334 g/mol. The zero-order valence-electron chi connectivity index (χ0n) is 12.2. The first-order valence-corrected chi connectivity index (χ1v) is 7.23. The third-order valence-electron chi connectivity index (χ3n) is 3.96. The van der Waals surface area contributed by atoms with Gasteiger partial charge < -0.3 is 9.88 Å². The number of halogens is 2. The normalized spacial score (nSPS) is 20.8. The molecule has 3 aromatic rings. The van der Waals surface area contributed by atoms with Crippen molar-refractivity contribution in [3.63, 3.8) is 0 Å². The summed E-state index contributed by atoms with van der Waals surface area (Å²) in [7, 11) is 0. The molecular weight excluding hydrogens is 322 g/mol. The lowest BCUT2D eigenvalue weighted by molar-refractivity contribution is 0.217. The minimum Gasteiger partial charge on any atom is -0.362 e. The van der Waals surface area contributed by atoms with Crippen LogP contribution in [0.15, 0.2) is 34.2 Å². The second-order valence-electron chi connectivity index (χ2n) is 5.53. The maximum absolute atomic E-state index is 13.6. The Bertz CT molecular complexity index is 1020. The van der Waals surface area contributed by atoms with Crippen molar-refractivity contribution in [2.75, 3.05) is 18.0 Å². The van der Waals surface area contributed by atoms with E-state index in [0.717, 1.165) is 0 Å². The molecule has 124 valence electrons. The van der Waals surface area contributed by atoms with Crippen LogP contribution in [-0.2, 0) is 0 Å². The van der Waals surface area contributed by atoms with Gasteiger partial charge in [-0.3, -0.25) is 9.78 Å². The summed E-state index contributed by atoms with van der Waals surface area (Å²) in [4.78, 5) is 33.3. The van der Waals surface area contributed by atoms with Crippen molar-refractivity contribution in [1.82, 2.24) is 24.6 Å². The lowest BCUT2D eigenvalue weighted by Gasteiger charge is -2.18. The Labute approximate surface area is 132 Å². The van der Waals surface area contributed by atoms with Crippen molar-refractivity contribution in [3.8, 4) is 11.3 Å². The molecule has 2 N–H and O–H groups in total. The number of anilines is 1. The zero-order valence-corrected chi connectivity index (χ0v) is 12.2. The van der Waals surface area contributed by atoms with Crippen LogP contribution in [0.4, 0.5) is 14.5 Å². The Balaban J connectivity index is 1.89. The number of aromatic amines is 2. The number of fused-ring (bicyclic) bond motifs is 1. The molecule has 0 aliphatic carbocycles. The van der Waals surface area contributed by atoms with Crippen molar-refractivity contribution in [2.45, 2.75) is 12.3 Å². The Kier molecular flexibility index (Phi) is 3.18. The number of nitrogens with one attached hydrogen (secondary N) is 2. The molecule has 0 radical (unpaired) electrons. The lowest BCUT2D eigenvalue weighted by atomic mass is 10.2. The SMILES string of the molecule is O=c1[nH]cc(-c2cc(N3C[C@@H](F)[C@H](F)C3)c3nccn3n2)c(=O)[nH]1. The van der Waals surface area contributed by atoms with Gasteiger partial charge >= 0.3 is 5.69 Å². The molecule has 8 nitrogen and oxygen atoms in total. The summed E-state index contributed by atoms with van der Waals surface area (Å²) in [5, 5.41) is 4.26. The summed E-state index contributed by atoms with van der Waals surface area (Å²) in [5.41, 5.74) is 0.0573. The molecule has 10 heteroatoms. The zero-order chi connectivity index (χ0) is 16.8. The van der Waals surface area contributed by atoms with Crippen LogP contribution in [0.2, 0.25) is 0 Å². The van der Waals surface area contributed by atoms with Crippen LogP contribution in [0.3, 0.4) is 0 Å². The lowest BCUT2D eigenvalue weighted by Crippen LogP contribution is -2.24. The standard InChI is InChI=1S/C14H12F2N6O2/c15-8-5-21(6-9(8)16)11-3-10(20-22-2-1-17-12(11)22)7-4-18-14(24)19-13(7)23/h1-4,8-9H,5-6H2,(H2,18,19,23,24)/t8-,9-/m1/s1. The van der Waals surface area contributed by atoms with E-state index in [4.69, 9.17) is 0 Å². The first-order valence-electron chi connectivity index (χ1n) is 7.23. The molecule has 0 saturated carbocycles.